The summed E-state index contributed by atoms with van der Waals surface area (Å²) in [6, 6.07) is 9.67. The smallest absolute Gasteiger partial charge is 0.254 e. The average Bonchev–Trinajstić information content (AvgIpc) is 2.97. The summed E-state index contributed by atoms with van der Waals surface area (Å²) in [6.07, 6.45) is 1.52. The second-order valence-electron chi connectivity index (χ2n) is 4.93. The Morgan fingerprint density at radius 3 is 2.77 bits per heavy atom. The van der Waals surface area contributed by atoms with Crippen molar-refractivity contribution in [1.82, 2.24) is 15.1 Å². The second-order valence-corrected chi connectivity index (χ2v) is 4.93. The number of aliphatic hydroxyl groups is 1. The van der Waals surface area contributed by atoms with E-state index in [1.165, 1.54) is 7.11 Å². The van der Waals surface area contributed by atoms with Crippen LogP contribution in [0.3, 0.4) is 0 Å². The van der Waals surface area contributed by atoms with E-state index in [0.717, 1.165) is 11.4 Å². The number of aliphatic hydroxyl groups excluding tert-OH is 1. The van der Waals surface area contributed by atoms with E-state index in [-0.39, 0.29) is 19.1 Å². The average molecular weight is 303 g/mol. The lowest BCUT2D eigenvalue weighted by atomic mass is 10.2. The standard InChI is InChI=1S/C16H21N3O3/c1-3-15-14(16(21)17-9-13(20)11-22-2)10-18-19(15)12-7-5-4-6-8-12/h4-8,10,13,20H,3,9,11H2,1-2H3,(H,17,21). The second kappa shape index (κ2) is 7.72. The number of methoxy groups -OCH3 is 1. The van der Waals surface area contributed by atoms with Crippen molar-refractivity contribution < 1.29 is 14.6 Å². The maximum Gasteiger partial charge on any atom is 0.254 e. The van der Waals surface area contributed by atoms with Gasteiger partial charge in [0, 0.05) is 13.7 Å². The molecule has 1 heterocycles. The highest BCUT2D eigenvalue weighted by atomic mass is 16.5. The highest BCUT2D eigenvalue weighted by Crippen LogP contribution is 2.15. The molecular formula is C16H21N3O3. The molecule has 1 atom stereocenters. The molecule has 1 aromatic carbocycles. The summed E-state index contributed by atoms with van der Waals surface area (Å²) < 4.78 is 6.60. The van der Waals surface area contributed by atoms with E-state index in [1.54, 1.807) is 10.9 Å². The summed E-state index contributed by atoms with van der Waals surface area (Å²) in [5, 5.41) is 16.6. The van der Waals surface area contributed by atoms with Gasteiger partial charge in [0.1, 0.15) is 0 Å². The molecule has 0 aliphatic heterocycles. The molecule has 0 spiro atoms. The van der Waals surface area contributed by atoms with Gasteiger partial charge in [-0.05, 0) is 18.6 Å². The van der Waals surface area contributed by atoms with Crippen molar-refractivity contribution in [3.63, 3.8) is 0 Å². The SMILES string of the molecule is CCc1c(C(=O)NCC(O)COC)cnn1-c1ccccc1. The van der Waals surface area contributed by atoms with Crippen LogP contribution in [0.25, 0.3) is 5.69 Å². The molecule has 6 nitrogen and oxygen atoms in total. The number of carbonyl (C=O) groups is 1. The van der Waals surface area contributed by atoms with Gasteiger partial charge in [0.2, 0.25) is 0 Å². The van der Waals surface area contributed by atoms with Crippen LogP contribution in [0, 0.1) is 0 Å². The Labute approximate surface area is 129 Å². The molecule has 1 amide bonds. The van der Waals surface area contributed by atoms with Crippen molar-refractivity contribution in [1.29, 1.82) is 0 Å². The molecule has 0 aliphatic carbocycles. The van der Waals surface area contributed by atoms with Gasteiger partial charge in [0.25, 0.3) is 5.91 Å². The minimum Gasteiger partial charge on any atom is -0.389 e. The summed E-state index contributed by atoms with van der Waals surface area (Å²) in [5.41, 5.74) is 2.28. The van der Waals surface area contributed by atoms with Crippen molar-refractivity contribution in [3.8, 4) is 5.69 Å². The lowest BCUT2D eigenvalue weighted by molar-refractivity contribution is 0.0609. The zero-order valence-corrected chi connectivity index (χ0v) is 12.8. The molecule has 0 bridgehead atoms. The number of carbonyl (C=O) groups excluding carboxylic acids is 1. The number of rotatable bonds is 7. The van der Waals surface area contributed by atoms with E-state index in [2.05, 4.69) is 10.4 Å². The first-order chi connectivity index (χ1) is 10.7. The number of benzene rings is 1. The number of para-hydroxylation sites is 1. The minimum absolute atomic E-state index is 0.145. The van der Waals surface area contributed by atoms with Gasteiger partial charge in [0.15, 0.2) is 0 Å². The van der Waals surface area contributed by atoms with E-state index in [4.69, 9.17) is 4.74 Å². The summed E-state index contributed by atoms with van der Waals surface area (Å²) in [4.78, 5) is 12.3. The van der Waals surface area contributed by atoms with Crippen molar-refractivity contribution in [2.75, 3.05) is 20.3 Å². The number of hydrogen-bond donors (Lipinski definition) is 2. The molecule has 0 saturated heterocycles. The van der Waals surface area contributed by atoms with Crippen LogP contribution < -0.4 is 5.32 Å². The molecule has 0 aliphatic rings. The zero-order chi connectivity index (χ0) is 15.9. The predicted octanol–water partition coefficient (Wildman–Crippen LogP) is 1.17. The Morgan fingerprint density at radius 1 is 1.41 bits per heavy atom. The summed E-state index contributed by atoms with van der Waals surface area (Å²) in [7, 11) is 1.50. The van der Waals surface area contributed by atoms with Crippen molar-refractivity contribution in [2.45, 2.75) is 19.4 Å². The summed E-state index contributed by atoms with van der Waals surface area (Å²) in [5.74, 6) is -0.241. The molecule has 1 unspecified atom stereocenters. The third kappa shape index (κ3) is 3.72. The van der Waals surface area contributed by atoms with Crippen molar-refractivity contribution in [2.24, 2.45) is 0 Å². The molecule has 2 rings (SSSR count). The Bertz CT molecular complexity index is 610. The monoisotopic (exact) mass is 303 g/mol. The minimum atomic E-state index is -0.719. The Hall–Kier alpha value is -2.18. The lowest BCUT2D eigenvalue weighted by Crippen LogP contribution is -2.34. The predicted molar refractivity (Wildman–Crippen MR) is 83.2 cm³/mol. The van der Waals surface area contributed by atoms with E-state index in [0.29, 0.717) is 12.0 Å². The van der Waals surface area contributed by atoms with Crippen LogP contribution in [0.5, 0.6) is 0 Å². The molecule has 0 saturated carbocycles. The number of amides is 1. The zero-order valence-electron chi connectivity index (χ0n) is 12.8. The normalized spacial score (nSPS) is 12.1. The highest BCUT2D eigenvalue weighted by Gasteiger charge is 2.17. The van der Waals surface area contributed by atoms with Crippen molar-refractivity contribution in [3.05, 3.63) is 47.8 Å². The lowest BCUT2D eigenvalue weighted by Gasteiger charge is -2.11. The fourth-order valence-corrected chi connectivity index (χ4v) is 2.25. The molecule has 0 radical (unpaired) electrons. The van der Waals surface area contributed by atoms with Gasteiger partial charge < -0.3 is 15.2 Å². The third-order valence-corrected chi connectivity index (χ3v) is 3.31. The van der Waals surface area contributed by atoms with Crippen LogP contribution in [0.1, 0.15) is 23.0 Å². The molecule has 0 fully saturated rings. The third-order valence-electron chi connectivity index (χ3n) is 3.31. The van der Waals surface area contributed by atoms with Crippen LogP contribution in [0.2, 0.25) is 0 Å². The Kier molecular flexibility index (Phi) is 5.68. The molecule has 6 heteroatoms. The van der Waals surface area contributed by atoms with Gasteiger partial charge in [-0.2, -0.15) is 5.10 Å². The summed E-state index contributed by atoms with van der Waals surface area (Å²) >= 11 is 0. The molecule has 118 valence electrons. The first kappa shape index (κ1) is 16.2. The molecule has 1 aromatic heterocycles. The molecule has 2 N–H and O–H groups in total. The largest absolute Gasteiger partial charge is 0.389 e. The van der Waals surface area contributed by atoms with Gasteiger partial charge in [-0.15, -0.1) is 0 Å². The molecular weight excluding hydrogens is 282 g/mol. The first-order valence-electron chi connectivity index (χ1n) is 7.24. The highest BCUT2D eigenvalue weighted by molar-refractivity contribution is 5.95. The Morgan fingerprint density at radius 2 is 2.14 bits per heavy atom. The van der Waals surface area contributed by atoms with Crippen LogP contribution in [0.4, 0.5) is 0 Å². The van der Waals surface area contributed by atoms with Crippen LogP contribution in [-0.2, 0) is 11.2 Å². The first-order valence-corrected chi connectivity index (χ1v) is 7.24. The van der Waals surface area contributed by atoms with Crippen LogP contribution in [0.15, 0.2) is 36.5 Å². The number of nitrogens with zero attached hydrogens (tertiary/aromatic N) is 2. The van der Waals surface area contributed by atoms with Crippen LogP contribution >= 0.6 is 0 Å². The van der Waals surface area contributed by atoms with Gasteiger partial charge in [-0.25, -0.2) is 4.68 Å². The molecule has 22 heavy (non-hydrogen) atoms. The van der Waals surface area contributed by atoms with Crippen molar-refractivity contribution >= 4 is 5.91 Å². The van der Waals surface area contributed by atoms with Gasteiger partial charge in [-0.3, -0.25) is 4.79 Å². The van der Waals surface area contributed by atoms with Gasteiger partial charge >= 0.3 is 0 Å². The quantitative estimate of drug-likeness (QED) is 0.805. The number of aromatic nitrogens is 2. The maximum absolute atomic E-state index is 12.3. The van der Waals surface area contributed by atoms with Crippen LogP contribution in [-0.4, -0.2) is 47.2 Å². The Balaban J connectivity index is 2.15. The van der Waals surface area contributed by atoms with E-state index >= 15 is 0 Å². The maximum atomic E-state index is 12.3. The molecule has 2 aromatic rings. The van der Waals surface area contributed by atoms with E-state index in [9.17, 15) is 9.90 Å². The number of nitrogens with one attached hydrogen (secondary N) is 1. The number of ether oxygens (including phenoxy) is 1. The van der Waals surface area contributed by atoms with E-state index < -0.39 is 6.10 Å². The van der Waals surface area contributed by atoms with Gasteiger partial charge in [0.05, 0.1) is 35.9 Å². The fourth-order valence-electron chi connectivity index (χ4n) is 2.25. The fraction of sp³-hybridized carbons (Fsp3) is 0.375. The van der Waals surface area contributed by atoms with E-state index in [1.807, 2.05) is 37.3 Å². The summed E-state index contributed by atoms with van der Waals surface area (Å²) in [6.45, 7) is 2.31. The topological polar surface area (TPSA) is 76.4 Å². The van der Waals surface area contributed by atoms with Gasteiger partial charge in [-0.1, -0.05) is 25.1 Å². The number of hydrogen-bond acceptors (Lipinski definition) is 4.